The zero-order valence-corrected chi connectivity index (χ0v) is 18.7. The Bertz CT molecular complexity index is 1130. The van der Waals surface area contributed by atoms with Gasteiger partial charge in [-0.05, 0) is 43.2 Å². The summed E-state index contributed by atoms with van der Waals surface area (Å²) in [6, 6.07) is 13.4. The van der Waals surface area contributed by atoms with Gasteiger partial charge in [-0.2, -0.15) is 0 Å². The highest BCUT2D eigenvalue weighted by atomic mass is 35.5. The van der Waals surface area contributed by atoms with Crippen LogP contribution in [-0.4, -0.2) is 30.2 Å². The fourth-order valence-electron chi connectivity index (χ4n) is 5.06. The van der Waals surface area contributed by atoms with E-state index in [1.807, 2.05) is 0 Å². The van der Waals surface area contributed by atoms with E-state index in [1.54, 1.807) is 42.5 Å². The van der Waals surface area contributed by atoms with Crippen molar-refractivity contribution in [2.45, 2.75) is 32.1 Å². The zero-order valence-electron chi connectivity index (χ0n) is 17.9. The maximum absolute atomic E-state index is 12.9. The van der Waals surface area contributed by atoms with Gasteiger partial charge in [0.15, 0.2) is 0 Å². The predicted molar refractivity (Wildman–Crippen MR) is 122 cm³/mol. The molecular weight excluding hydrogens is 444 g/mol. The first kappa shape index (κ1) is 21.6. The quantitative estimate of drug-likeness (QED) is 0.386. The number of carbonyl (C=O) groups excluding carboxylic acids is 4. The molecule has 33 heavy (non-hydrogen) atoms. The third-order valence-electron chi connectivity index (χ3n) is 6.71. The first-order chi connectivity index (χ1) is 15.9. The van der Waals surface area contributed by atoms with Crippen molar-refractivity contribution < 1.29 is 23.9 Å². The van der Waals surface area contributed by atoms with Gasteiger partial charge in [0.1, 0.15) is 5.75 Å². The van der Waals surface area contributed by atoms with Gasteiger partial charge in [0.2, 0.25) is 17.7 Å². The van der Waals surface area contributed by atoms with Gasteiger partial charge >= 0.3 is 5.97 Å². The van der Waals surface area contributed by atoms with Crippen LogP contribution in [0.3, 0.4) is 0 Å². The SMILES string of the molecule is O=C(Oc1cccc(N2C(=O)[C@@H]3CCCC[C@H]3C2=O)c1)[C@@H]1CC(=O)N(c2cccc(Cl)c2)C1. The third-order valence-corrected chi connectivity index (χ3v) is 6.95. The topological polar surface area (TPSA) is 84.0 Å². The maximum Gasteiger partial charge on any atom is 0.316 e. The van der Waals surface area contributed by atoms with Crippen molar-refractivity contribution in [3.63, 3.8) is 0 Å². The molecule has 2 aliphatic heterocycles. The van der Waals surface area contributed by atoms with E-state index in [-0.39, 0.29) is 48.3 Å². The monoisotopic (exact) mass is 466 g/mol. The molecule has 2 saturated heterocycles. The van der Waals surface area contributed by atoms with Crippen molar-refractivity contribution >= 4 is 46.7 Å². The lowest BCUT2D eigenvalue weighted by Gasteiger charge is -2.19. The summed E-state index contributed by atoms with van der Waals surface area (Å²) in [4.78, 5) is 53.8. The van der Waals surface area contributed by atoms with Crippen LogP contribution >= 0.6 is 11.6 Å². The molecule has 1 aliphatic carbocycles. The average Bonchev–Trinajstić information content (AvgIpc) is 3.32. The van der Waals surface area contributed by atoms with Crippen molar-refractivity contribution in [1.29, 1.82) is 0 Å². The Morgan fingerprint density at radius 2 is 1.58 bits per heavy atom. The number of rotatable bonds is 4. The minimum atomic E-state index is -0.627. The van der Waals surface area contributed by atoms with E-state index in [0.29, 0.717) is 16.4 Å². The van der Waals surface area contributed by atoms with Crippen molar-refractivity contribution in [3.05, 3.63) is 53.6 Å². The molecule has 0 bridgehead atoms. The number of halogens is 1. The highest BCUT2D eigenvalue weighted by molar-refractivity contribution is 6.31. The molecule has 0 spiro atoms. The first-order valence-corrected chi connectivity index (χ1v) is 11.6. The summed E-state index contributed by atoms with van der Waals surface area (Å²) in [7, 11) is 0. The molecule has 0 radical (unpaired) electrons. The largest absolute Gasteiger partial charge is 0.426 e. The Balaban J connectivity index is 1.29. The normalized spacial score (nSPS) is 24.9. The smallest absolute Gasteiger partial charge is 0.316 e. The number of anilines is 2. The molecular formula is C25H23ClN2O5. The summed E-state index contributed by atoms with van der Waals surface area (Å²) in [5, 5.41) is 0.508. The second-order valence-corrected chi connectivity index (χ2v) is 9.25. The minimum absolute atomic E-state index is 0.0392. The second kappa shape index (κ2) is 8.63. The van der Waals surface area contributed by atoms with Crippen LogP contribution in [0.4, 0.5) is 11.4 Å². The van der Waals surface area contributed by atoms with E-state index in [2.05, 4.69) is 0 Å². The number of benzene rings is 2. The number of nitrogens with zero attached hydrogens (tertiary/aromatic N) is 2. The van der Waals surface area contributed by atoms with Crippen molar-refractivity contribution in [2.75, 3.05) is 16.3 Å². The lowest BCUT2D eigenvalue weighted by Crippen LogP contribution is -2.31. The van der Waals surface area contributed by atoms with Gasteiger partial charge in [-0.15, -0.1) is 0 Å². The van der Waals surface area contributed by atoms with Crippen LogP contribution < -0.4 is 14.5 Å². The summed E-state index contributed by atoms with van der Waals surface area (Å²) in [5.74, 6) is -1.95. The zero-order chi connectivity index (χ0) is 23.1. The van der Waals surface area contributed by atoms with Gasteiger partial charge in [0, 0.05) is 29.7 Å². The van der Waals surface area contributed by atoms with Crippen LogP contribution in [0.1, 0.15) is 32.1 Å². The Morgan fingerprint density at radius 3 is 2.27 bits per heavy atom. The minimum Gasteiger partial charge on any atom is -0.426 e. The molecule has 5 rings (SSSR count). The molecule has 2 heterocycles. The molecule has 2 aromatic rings. The molecule has 3 atom stereocenters. The lowest BCUT2D eigenvalue weighted by molar-refractivity contribution is -0.139. The highest BCUT2D eigenvalue weighted by Gasteiger charge is 2.48. The number of fused-ring (bicyclic) bond motifs is 1. The number of hydrogen-bond donors (Lipinski definition) is 0. The second-order valence-electron chi connectivity index (χ2n) is 8.81. The number of ether oxygens (including phenoxy) is 1. The number of amides is 3. The van der Waals surface area contributed by atoms with E-state index < -0.39 is 11.9 Å². The lowest BCUT2D eigenvalue weighted by atomic mass is 9.81. The summed E-state index contributed by atoms with van der Waals surface area (Å²) in [6.07, 6.45) is 3.42. The first-order valence-electron chi connectivity index (χ1n) is 11.2. The molecule has 8 heteroatoms. The molecule has 2 aromatic carbocycles. The van der Waals surface area contributed by atoms with E-state index in [1.165, 1.54) is 15.9 Å². The van der Waals surface area contributed by atoms with Crippen LogP contribution in [0.2, 0.25) is 5.02 Å². The Hall–Kier alpha value is -3.19. The fourth-order valence-corrected chi connectivity index (χ4v) is 5.25. The van der Waals surface area contributed by atoms with Crippen molar-refractivity contribution in [2.24, 2.45) is 17.8 Å². The summed E-state index contributed by atoms with van der Waals surface area (Å²) in [6.45, 7) is 0.199. The molecule has 7 nitrogen and oxygen atoms in total. The highest BCUT2D eigenvalue weighted by Crippen LogP contribution is 2.40. The standard InChI is InChI=1S/C25H23ClN2O5/c26-16-5-3-6-17(12-16)27-14-15(11-22(27)29)25(32)33-19-8-4-7-18(13-19)28-23(30)20-9-1-2-10-21(20)24(28)31/h3-8,12-13,15,20-21H,1-2,9-11,14H2/t15-,20-,21-/m1/s1. The van der Waals surface area contributed by atoms with E-state index in [9.17, 15) is 19.2 Å². The summed E-state index contributed by atoms with van der Waals surface area (Å²) >= 11 is 6.02. The Kier molecular flexibility index (Phi) is 5.66. The van der Waals surface area contributed by atoms with Gasteiger partial charge < -0.3 is 9.64 Å². The van der Waals surface area contributed by atoms with E-state index >= 15 is 0 Å². The van der Waals surface area contributed by atoms with E-state index in [4.69, 9.17) is 16.3 Å². The predicted octanol–water partition coefficient (Wildman–Crippen LogP) is 3.98. The number of hydrogen-bond acceptors (Lipinski definition) is 5. The fraction of sp³-hybridized carbons (Fsp3) is 0.360. The molecule has 0 unspecified atom stereocenters. The van der Waals surface area contributed by atoms with Crippen LogP contribution in [-0.2, 0) is 19.2 Å². The number of carbonyl (C=O) groups is 4. The molecule has 0 aromatic heterocycles. The molecule has 3 aliphatic rings. The Morgan fingerprint density at radius 1 is 0.909 bits per heavy atom. The van der Waals surface area contributed by atoms with Gasteiger partial charge in [-0.25, -0.2) is 4.90 Å². The van der Waals surface area contributed by atoms with Gasteiger partial charge in [-0.3, -0.25) is 19.2 Å². The molecule has 3 fully saturated rings. The van der Waals surface area contributed by atoms with Crippen molar-refractivity contribution in [3.8, 4) is 5.75 Å². The van der Waals surface area contributed by atoms with Crippen LogP contribution in [0, 0.1) is 17.8 Å². The molecule has 1 saturated carbocycles. The molecule has 3 amide bonds. The van der Waals surface area contributed by atoms with Gasteiger partial charge in [0.25, 0.3) is 0 Å². The van der Waals surface area contributed by atoms with E-state index in [0.717, 1.165) is 25.7 Å². The third kappa shape index (κ3) is 4.02. The molecule has 170 valence electrons. The maximum atomic E-state index is 12.9. The van der Waals surface area contributed by atoms with Crippen molar-refractivity contribution in [1.82, 2.24) is 0 Å². The van der Waals surface area contributed by atoms with Gasteiger partial charge in [-0.1, -0.05) is 36.6 Å². The van der Waals surface area contributed by atoms with Crippen LogP contribution in [0.5, 0.6) is 5.75 Å². The number of esters is 1. The average molecular weight is 467 g/mol. The van der Waals surface area contributed by atoms with Crippen LogP contribution in [0.25, 0.3) is 0 Å². The Labute approximate surface area is 196 Å². The molecule has 0 N–H and O–H groups in total. The summed E-state index contributed by atoms with van der Waals surface area (Å²) in [5.41, 5.74) is 1.05. The summed E-state index contributed by atoms with van der Waals surface area (Å²) < 4.78 is 5.55. The van der Waals surface area contributed by atoms with Crippen LogP contribution in [0.15, 0.2) is 48.5 Å². The van der Waals surface area contributed by atoms with Gasteiger partial charge in [0.05, 0.1) is 23.4 Å². The number of imide groups is 1.